The van der Waals surface area contributed by atoms with Gasteiger partial charge < -0.3 is 10.6 Å². The first-order chi connectivity index (χ1) is 13.9. The molecular weight excluding hydrogens is 427 g/mol. The summed E-state index contributed by atoms with van der Waals surface area (Å²) in [4.78, 5) is 25.6. The molecule has 0 saturated heterocycles. The van der Waals surface area contributed by atoms with E-state index in [1.54, 1.807) is 24.3 Å². The Morgan fingerprint density at radius 1 is 0.862 bits per heavy atom. The molecule has 0 saturated carbocycles. The van der Waals surface area contributed by atoms with E-state index < -0.39 is 0 Å². The van der Waals surface area contributed by atoms with Crippen molar-refractivity contribution in [2.45, 2.75) is 17.1 Å². The van der Waals surface area contributed by atoms with E-state index in [9.17, 15) is 9.59 Å². The smallest absolute Gasteiger partial charge is 0.257 e. The maximum Gasteiger partial charge on any atom is 0.257 e. The van der Waals surface area contributed by atoms with Crippen molar-refractivity contribution in [2.24, 2.45) is 0 Å². The van der Waals surface area contributed by atoms with Gasteiger partial charge in [-0.3, -0.25) is 9.59 Å². The molecule has 1 atom stereocenters. The zero-order chi connectivity index (χ0) is 20.8. The summed E-state index contributed by atoms with van der Waals surface area (Å²) in [6.45, 7) is 1.85. The van der Waals surface area contributed by atoms with Gasteiger partial charge in [-0.1, -0.05) is 41.4 Å². The van der Waals surface area contributed by atoms with Gasteiger partial charge in [0.2, 0.25) is 5.91 Å². The van der Waals surface area contributed by atoms with E-state index >= 15 is 0 Å². The Labute approximate surface area is 183 Å². The number of hydrogen-bond acceptors (Lipinski definition) is 3. The van der Waals surface area contributed by atoms with Crippen LogP contribution in [0.1, 0.15) is 17.3 Å². The summed E-state index contributed by atoms with van der Waals surface area (Å²) in [7, 11) is 0. The van der Waals surface area contributed by atoms with Crippen LogP contribution in [0.2, 0.25) is 10.0 Å². The molecule has 3 aromatic rings. The van der Waals surface area contributed by atoms with Crippen molar-refractivity contribution in [2.75, 3.05) is 10.6 Å². The lowest BCUT2D eigenvalue weighted by Crippen LogP contribution is -2.22. The number of halogens is 2. The normalized spacial score (nSPS) is 11.6. The van der Waals surface area contributed by atoms with Crippen LogP contribution in [0.5, 0.6) is 0 Å². The Kier molecular flexibility index (Phi) is 7.20. The van der Waals surface area contributed by atoms with Crippen LogP contribution in [-0.4, -0.2) is 17.1 Å². The first-order valence-electron chi connectivity index (χ1n) is 8.81. The van der Waals surface area contributed by atoms with Gasteiger partial charge in [-0.25, -0.2) is 0 Å². The minimum atomic E-state index is -0.317. The molecule has 0 aliphatic rings. The van der Waals surface area contributed by atoms with E-state index in [4.69, 9.17) is 23.2 Å². The Morgan fingerprint density at radius 2 is 1.52 bits per heavy atom. The highest BCUT2D eigenvalue weighted by molar-refractivity contribution is 8.00. The molecule has 7 heteroatoms. The molecule has 3 aromatic carbocycles. The Balaban J connectivity index is 1.58. The molecule has 0 heterocycles. The van der Waals surface area contributed by atoms with Gasteiger partial charge >= 0.3 is 0 Å². The second kappa shape index (κ2) is 9.83. The summed E-state index contributed by atoms with van der Waals surface area (Å²) in [5, 5.41) is 6.18. The van der Waals surface area contributed by atoms with Gasteiger partial charge in [0.05, 0.1) is 15.8 Å². The van der Waals surface area contributed by atoms with E-state index in [-0.39, 0.29) is 17.1 Å². The lowest BCUT2D eigenvalue weighted by Gasteiger charge is -2.13. The third-order valence-electron chi connectivity index (χ3n) is 4.01. The number of anilines is 2. The minimum absolute atomic E-state index is 0.0732. The van der Waals surface area contributed by atoms with Crippen LogP contribution in [0.3, 0.4) is 0 Å². The van der Waals surface area contributed by atoms with E-state index in [0.29, 0.717) is 21.3 Å². The Hall–Kier alpha value is -2.47. The number of nitrogens with one attached hydrogen (secondary N) is 2. The molecule has 0 radical (unpaired) electrons. The van der Waals surface area contributed by atoms with Crippen LogP contribution < -0.4 is 10.6 Å². The monoisotopic (exact) mass is 444 g/mol. The number of para-hydroxylation sites is 1. The van der Waals surface area contributed by atoms with Crippen molar-refractivity contribution in [3.8, 4) is 0 Å². The SMILES string of the molecule is CC(Sc1ccc(NC(=O)c2ccc(Cl)cc2Cl)cc1)C(=O)Nc1ccccc1. The summed E-state index contributed by atoms with van der Waals surface area (Å²) in [6.07, 6.45) is 0. The van der Waals surface area contributed by atoms with Gasteiger partial charge in [0.15, 0.2) is 0 Å². The number of hydrogen-bond donors (Lipinski definition) is 2. The Bertz CT molecular complexity index is 1010. The Morgan fingerprint density at radius 3 is 2.17 bits per heavy atom. The first kappa shape index (κ1) is 21.2. The van der Waals surface area contributed by atoms with Crippen molar-refractivity contribution >= 4 is 58.2 Å². The molecule has 0 aliphatic heterocycles. The molecular formula is C22H18Cl2N2O2S. The molecule has 0 spiro atoms. The van der Waals surface area contributed by atoms with Crippen LogP contribution in [0.4, 0.5) is 11.4 Å². The maximum atomic E-state index is 12.4. The number of carbonyl (C=O) groups is 2. The second-order valence-electron chi connectivity index (χ2n) is 6.22. The van der Waals surface area contributed by atoms with Crippen molar-refractivity contribution in [3.05, 3.63) is 88.4 Å². The molecule has 3 rings (SSSR count). The lowest BCUT2D eigenvalue weighted by molar-refractivity contribution is -0.115. The van der Waals surface area contributed by atoms with Crippen LogP contribution in [0.15, 0.2) is 77.7 Å². The topological polar surface area (TPSA) is 58.2 Å². The highest BCUT2D eigenvalue weighted by Crippen LogP contribution is 2.26. The van der Waals surface area contributed by atoms with Crippen molar-refractivity contribution < 1.29 is 9.59 Å². The van der Waals surface area contributed by atoms with Gasteiger partial charge in [-0.2, -0.15) is 0 Å². The highest BCUT2D eigenvalue weighted by atomic mass is 35.5. The van der Waals surface area contributed by atoms with Crippen LogP contribution in [0.25, 0.3) is 0 Å². The largest absolute Gasteiger partial charge is 0.325 e. The average Bonchev–Trinajstić information content (AvgIpc) is 2.70. The third kappa shape index (κ3) is 6.00. The van der Waals surface area contributed by atoms with Crippen LogP contribution >= 0.6 is 35.0 Å². The summed E-state index contributed by atoms with van der Waals surface area (Å²) < 4.78 is 0. The van der Waals surface area contributed by atoms with Gasteiger partial charge in [0.1, 0.15) is 0 Å². The van der Waals surface area contributed by atoms with Gasteiger partial charge in [0, 0.05) is 21.3 Å². The predicted octanol–water partition coefficient (Wildman–Crippen LogP) is 6.37. The van der Waals surface area contributed by atoms with E-state index in [0.717, 1.165) is 10.6 Å². The van der Waals surface area contributed by atoms with Crippen LogP contribution in [-0.2, 0) is 4.79 Å². The number of thioether (sulfide) groups is 1. The first-order valence-corrected chi connectivity index (χ1v) is 10.4. The molecule has 0 fully saturated rings. The molecule has 0 aromatic heterocycles. The number of rotatable bonds is 6. The van der Waals surface area contributed by atoms with Gasteiger partial charge in [-0.15, -0.1) is 11.8 Å². The van der Waals surface area contributed by atoms with Crippen LogP contribution in [0, 0.1) is 0 Å². The summed E-state index contributed by atoms with van der Waals surface area (Å²) in [5.74, 6) is -0.390. The number of carbonyl (C=O) groups excluding carboxylic acids is 2. The molecule has 2 amide bonds. The number of amides is 2. The second-order valence-corrected chi connectivity index (χ2v) is 8.48. The third-order valence-corrected chi connectivity index (χ3v) is 5.67. The fraction of sp³-hybridized carbons (Fsp3) is 0.0909. The molecule has 0 aliphatic carbocycles. The minimum Gasteiger partial charge on any atom is -0.325 e. The molecule has 148 valence electrons. The molecule has 4 nitrogen and oxygen atoms in total. The van der Waals surface area contributed by atoms with Crippen molar-refractivity contribution in [1.29, 1.82) is 0 Å². The zero-order valence-corrected chi connectivity index (χ0v) is 17.8. The zero-order valence-electron chi connectivity index (χ0n) is 15.5. The van der Waals surface area contributed by atoms with Crippen molar-refractivity contribution in [3.63, 3.8) is 0 Å². The summed E-state index contributed by atoms with van der Waals surface area (Å²) >= 11 is 13.4. The average molecular weight is 445 g/mol. The lowest BCUT2D eigenvalue weighted by atomic mass is 10.2. The predicted molar refractivity (Wildman–Crippen MR) is 121 cm³/mol. The molecule has 29 heavy (non-hydrogen) atoms. The van der Waals surface area contributed by atoms with E-state index in [1.165, 1.54) is 17.8 Å². The van der Waals surface area contributed by atoms with Gasteiger partial charge in [-0.05, 0) is 61.5 Å². The van der Waals surface area contributed by atoms with E-state index in [2.05, 4.69) is 10.6 Å². The molecule has 2 N–H and O–H groups in total. The maximum absolute atomic E-state index is 12.4. The molecule has 0 bridgehead atoms. The van der Waals surface area contributed by atoms with E-state index in [1.807, 2.05) is 49.4 Å². The van der Waals surface area contributed by atoms with Crippen molar-refractivity contribution in [1.82, 2.24) is 0 Å². The summed E-state index contributed by atoms with van der Waals surface area (Å²) in [5.41, 5.74) is 1.75. The highest BCUT2D eigenvalue weighted by Gasteiger charge is 2.15. The molecule has 1 unspecified atom stereocenters. The standard InChI is InChI=1S/C22H18Cl2N2O2S/c1-14(21(27)25-16-5-3-2-4-6-16)29-18-10-8-17(9-11-18)26-22(28)19-12-7-15(23)13-20(19)24/h2-14H,1H3,(H,25,27)(H,26,28). The quantitative estimate of drug-likeness (QED) is 0.434. The fourth-order valence-corrected chi connectivity index (χ4v) is 3.87. The number of benzene rings is 3. The summed E-state index contributed by atoms with van der Waals surface area (Å²) in [6, 6.07) is 21.3. The van der Waals surface area contributed by atoms with Gasteiger partial charge in [0.25, 0.3) is 5.91 Å². The fourth-order valence-electron chi connectivity index (χ4n) is 2.51.